The number of anilines is 4. The molecule has 8 aromatic heterocycles. The molecule has 0 aliphatic carbocycles. The first-order valence-electron chi connectivity index (χ1n) is 28.8. The number of piperidine rings is 2. The Labute approximate surface area is 517 Å². The SMILES string of the molecule is CC(C)Nc1cc(-c2ccc3cc(C#N)cnn23)ncc1-c1nnc(N2CC3CC(C2)N3)s1.CC(C)Nc1cc(-c2ccc3cc(C#N)cnn23)ncc1-c1nnc(N2CC3CC(C2)N3C(=O)N2CCN(C)CC2)s1.CN1CCN(C(=O)Cl)CC1.Cl. The number of urea groups is 1. The molecule has 4 bridgehead atoms. The van der Waals surface area contributed by atoms with Crippen molar-refractivity contribution in [2.75, 3.05) is 113 Å². The lowest BCUT2D eigenvalue weighted by molar-refractivity contribution is 0.0127. The zero-order valence-corrected chi connectivity index (χ0v) is 51.9. The number of nitriles is 2. The van der Waals surface area contributed by atoms with Gasteiger partial charge in [0.25, 0.3) is 0 Å². The van der Waals surface area contributed by atoms with Gasteiger partial charge in [-0.15, -0.1) is 32.8 Å². The monoisotopic (exact) mass is 1240 g/mol. The van der Waals surface area contributed by atoms with Gasteiger partial charge in [-0.2, -0.15) is 20.7 Å². The van der Waals surface area contributed by atoms with E-state index in [0.29, 0.717) is 23.2 Å². The Morgan fingerprint density at radius 2 is 1.06 bits per heavy atom. The smallest absolute Gasteiger partial charge is 0.320 e. The molecule has 8 fully saturated rings. The number of pyridine rings is 2. The maximum atomic E-state index is 13.2. The summed E-state index contributed by atoms with van der Waals surface area (Å²) in [7, 11) is 4.14. The van der Waals surface area contributed by atoms with Crippen molar-refractivity contribution >= 4 is 90.8 Å². The van der Waals surface area contributed by atoms with Gasteiger partial charge >= 0.3 is 11.4 Å². The Kier molecular flexibility index (Phi) is 17.9. The standard InChI is InChI=1S/C29H33N11OS.C23H23N9S.C6H11ClN2O.ClH/c1-18(2)33-24-12-25(26-5-4-20-10-19(13-30)14-32-40(20)26)31-15-23(24)27-34-35-28(42-27)38-16-21-11-22(17-38)39(21)29(41)37-8-6-36(3)7-9-37;1-13(2)27-19-7-20(21-4-3-17-5-14(8-24)9-26-32(17)21)25-10-18(19)22-29-30-23(33-22)31-11-15-6-16(12-31)28-15;1-8-2-4-9(5-3-8)6(7)10;/h4-5,10,12,14-15,18,21-22H,6-9,11,16-17H2,1-3H3,(H,31,33);3-5,7,9-10,13,15-16,28H,6,11-12H2,1-2H3,(H,25,27);2-5H2,1H3;1H. The molecule has 28 heteroatoms. The highest BCUT2D eigenvalue weighted by molar-refractivity contribution is 7.18. The molecule has 3 amide bonds. The molecule has 0 saturated carbocycles. The van der Waals surface area contributed by atoms with Crippen LogP contribution in [-0.2, 0) is 0 Å². The van der Waals surface area contributed by atoms with Crippen molar-refractivity contribution in [1.82, 2.24) is 79.4 Å². The fourth-order valence-electron chi connectivity index (χ4n) is 11.7. The highest BCUT2D eigenvalue weighted by Crippen LogP contribution is 2.41. The molecule has 0 spiro atoms. The predicted octanol–water partition coefficient (Wildman–Crippen LogP) is 7.41. The maximum Gasteiger partial charge on any atom is 0.320 e. The molecule has 3 N–H and O–H groups in total. The van der Waals surface area contributed by atoms with Crippen molar-refractivity contribution in [3.63, 3.8) is 0 Å². The van der Waals surface area contributed by atoms with Crippen LogP contribution in [0.2, 0.25) is 0 Å². The number of carbonyl (C=O) groups is 2. The number of rotatable bonds is 10. The second-order valence-corrected chi connectivity index (χ2v) is 25.3. The number of halogens is 2. The zero-order valence-electron chi connectivity index (χ0n) is 48.7. The van der Waals surface area contributed by atoms with E-state index in [4.69, 9.17) is 26.8 Å². The summed E-state index contributed by atoms with van der Waals surface area (Å²) in [5.74, 6) is 0. The van der Waals surface area contributed by atoms with E-state index in [1.165, 1.54) is 6.42 Å². The van der Waals surface area contributed by atoms with Gasteiger partial charge in [0.2, 0.25) is 10.3 Å². The van der Waals surface area contributed by atoms with Crippen LogP contribution < -0.4 is 25.8 Å². The first-order chi connectivity index (χ1) is 41.1. The largest absolute Gasteiger partial charge is 0.382 e. The summed E-state index contributed by atoms with van der Waals surface area (Å²) in [4.78, 5) is 48.2. The third kappa shape index (κ3) is 12.7. The van der Waals surface area contributed by atoms with Crippen LogP contribution >= 0.6 is 46.7 Å². The fraction of sp³-hybridized carbons (Fsp3) is 0.448. The van der Waals surface area contributed by atoms with Crippen molar-refractivity contribution in [2.45, 2.75) is 76.8 Å². The highest BCUT2D eigenvalue weighted by atomic mass is 35.5. The number of hydrogen-bond donors (Lipinski definition) is 3. The van der Waals surface area contributed by atoms with Gasteiger partial charge < -0.3 is 50.2 Å². The van der Waals surface area contributed by atoms with E-state index in [-0.39, 0.29) is 48.0 Å². The molecule has 24 nitrogen and oxygen atoms in total. The van der Waals surface area contributed by atoms with E-state index in [1.54, 1.807) is 49.0 Å². The first-order valence-corrected chi connectivity index (χ1v) is 30.8. The van der Waals surface area contributed by atoms with Crippen LogP contribution in [0, 0.1) is 22.7 Å². The molecule has 8 aliphatic heterocycles. The van der Waals surface area contributed by atoms with Crippen LogP contribution in [0.3, 0.4) is 0 Å². The summed E-state index contributed by atoms with van der Waals surface area (Å²) in [6, 6.07) is 22.0. The molecule has 8 aliphatic rings. The average molecular weight is 1240 g/mol. The lowest BCUT2D eigenvalue weighted by Crippen LogP contribution is -2.72. The molecule has 8 saturated heterocycles. The summed E-state index contributed by atoms with van der Waals surface area (Å²) in [6.07, 6.45) is 9.15. The lowest BCUT2D eigenvalue weighted by atomic mass is 9.88. The van der Waals surface area contributed by atoms with Crippen molar-refractivity contribution < 1.29 is 9.59 Å². The van der Waals surface area contributed by atoms with E-state index in [2.05, 4.69) is 118 Å². The second kappa shape index (κ2) is 25.6. The summed E-state index contributed by atoms with van der Waals surface area (Å²) in [6.45, 7) is 18.8. The van der Waals surface area contributed by atoms with Crippen LogP contribution in [-0.4, -0.2) is 214 Å². The molecular weight excluding hydrogens is 1170 g/mol. The van der Waals surface area contributed by atoms with E-state index in [0.717, 1.165) is 162 Å². The van der Waals surface area contributed by atoms with E-state index in [9.17, 15) is 14.9 Å². The molecular formula is C58H68Cl2N22O2S2. The maximum absolute atomic E-state index is 13.2. The molecule has 448 valence electrons. The van der Waals surface area contributed by atoms with Gasteiger partial charge in [0.15, 0.2) is 10.0 Å². The fourth-order valence-corrected chi connectivity index (χ4v) is 13.6. The molecule has 16 rings (SSSR count). The second-order valence-electron chi connectivity index (χ2n) is 23.1. The molecule has 4 unspecified atom stereocenters. The van der Waals surface area contributed by atoms with Crippen molar-refractivity contribution in [3.8, 4) is 56.1 Å². The Hall–Kier alpha value is -7.82. The first kappa shape index (κ1) is 59.9. The Balaban J connectivity index is 0.000000155. The summed E-state index contributed by atoms with van der Waals surface area (Å²) >= 11 is 8.45. The van der Waals surface area contributed by atoms with E-state index < -0.39 is 0 Å². The number of hydrogen-bond acceptors (Lipinski definition) is 21. The third-order valence-corrected chi connectivity index (χ3v) is 18.4. The molecule has 86 heavy (non-hydrogen) atoms. The number of likely N-dealkylation sites (N-methyl/N-ethyl adjacent to an activating group) is 2. The summed E-state index contributed by atoms with van der Waals surface area (Å²) in [5, 5.41) is 59.2. The lowest BCUT2D eigenvalue weighted by Gasteiger charge is -2.57. The van der Waals surface area contributed by atoms with E-state index >= 15 is 0 Å². The van der Waals surface area contributed by atoms with Crippen LogP contribution in [0.5, 0.6) is 0 Å². The van der Waals surface area contributed by atoms with Gasteiger partial charge in [-0.3, -0.25) is 14.8 Å². The molecule has 0 aromatic carbocycles. The number of amides is 3. The average Bonchev–Trinajstić information content (AvgIpc) is 2.11. The van der Waals surface area contributed by atoms with Crippen LogP contribution in [0.4, 0.5) is 31.2 Å². The predicted molar refractivity (Wildman–Crippen MR) is 337 cm³/mol. The van der Waals surface area contributed by atoms with Crippen molar-refractivity contribution in [1.29, 1.82) is 10.5 Å². The highest BCUT2D eigenvalue weighted by Gasteiger charge is 2.49. The number of nitrogens with one attached hydrogen (secondary N) is 3. The van der Waals surface area contributed by atoms with Crippen molar-refractivity contribution in [2.24, 2.45) is 0 Å². The van der Waals surface area contributed by atoms with Gasteiger partial charge in [-0.1, -0.05) is 22.7 Å². The van der Waals surface area contributed by atoms with Crippen LogP contribution in [0.25, 0.3) is 55.0 Å². The Morgan fingerprint density at radius 3 is 1.49 bits per heavy atom. The van der Waals surface area contributed by atoms with Gasteiger partial charge in [-0.05, 0) is 115 Å². The summed E-state index contributed by atoms with van der Waals surface area (Å²) < 4.78 is 3.60. The summed E-state index contributed by atoms with van der Waals surface area (Å²) in [5.41, 5.74) is 9.74. The minimum atomic E-state index is -0.326. The van der Waals surface area contributed by atoms with Gasteiger partial charge in [0.05, 0.1) is 80.5 Å². The van der Waals surface area contributed by atoms with Gasteiger partial charge in [0.1, 0.15) is 12.1 Å². The minimum Gasteiger partial charge on any atom is -0.382 e. The third-order valence-electron chi connectivity index (χ3n) is 16.2. The molecule has 8 aromatic rings. The Morgan fingerprint density at radius 1 is 0.616 bits per heavy atom. The minimum absolute atomic E-state index is 0. The van der Waals surface area contributed by atoms with Gasteiger partial charge in [0, 0.05) is 126 Å². The number of piperazine rings is 4. The van der Waals surface area contributed by atoms with E-state index in [1.807, 2.05) is 72.9 Å². The topological polar surface area (TPSA) is 252 Å². The molecule has 16 heterocycles. The molecule has 4 atom stereocenters. The quantitative estimate of drug-likeness (QED) is 0.0890. The number of carbonyl (C=O) groups excluding carboxylic acids is 2. The van der Waals surface area contributed by atoms with Crippen LogP contribution in [0.15, 0.2) is 73.3 Å². The number of fused-ring (bicyclic) bond motifs is 6. The normalized spacial score (nSPS) is 20.0. The Bertz CT molecular complexity index is 3810. The van der Waals surface area contributed by atoms with Gasteiger partial charge in [-0.25, -0.2) is 13.8 Å². The molecule has 0 radical (unpaired) electrons. The number of aromatic nitrogens is 10. The van der Waals surface area contributed by atoms with Crippen LogP contribution in [0.1, 0.15) is 51.7 Å². The number of nitrogens with zero attached hydrogens (tertiary/aromatic N) is 19. The van der Waals surface area contributed by atoms with Crippen molar-refractivity contribution in [3.05, 3.63) is 84.4 Å². The zero-order chi connectivity index (χ0) is 59.0.